The zero-order valence-corrected chi connectivity index (χ0v) is 29.8. The summed E-state index contributed by atoms with van der Waals surface area (Å²) in [7, 11) is 0. The van der Waals surface area contributed by atoms with Crippen LogP contribution in [0.15, 0.2) is 85.5 Å². The van der Waals surface area contributed by atoms with Gasteiger partial charge in [0, 0.05) is 73.7 Å². The molecule has 0 saturated heterocycles. The molecule has 4 nitrogen and oxygen atoms in total. The van der Waals surface area contributed by atoms with Crippen LogP contribution in [0.2, 0.25) is 0 Å². The minimum atomic E-state index is 0. The molecule has 0 unspecified atom stereocenters. The lowest BCUT2D eigenvalue weighted by molar-refractivity contribution is -0.708. The maximum absolute atomic E-state index is 2.37. The van der Waals surface area contributed by atoms with Gasteiger partial charge in [-0.05, 0) is 88.1 Å². The Morgan fingerprint density at radius 1 is 0.500 bits per heavy atom. The number of rotatable bonds is 15. The minimum Gasteiger partial charge on any atom is -0.372 e. The molecular formula is C42H58N4. The van der Waals surface area contributed by atoms with Crippen LogP contribution >= 0.6 is 0 Å². The van der Waals surface area contributed by atoms with Gasteiger partial charge in [-0.15, -0.1) is 0 Å². The third-order valence-corrected chi connectivity index (χ3v) is 8.56. The van der Waals surface area contributed by atoms with Gasteiger partial charge in [0.15, 0.2) is 24.8 Å². The highest BCUT2D eigenvalue weighted by atomic mass is 15.1. The van der Waals surface area contributed by atoms with Gasteiger partial charge in [-0.1, -0.05) is 48.6 Å². The van der Waals surface area contributed by atoms with E-state index in [1.54, 1.807) is 0 Å². The second-order valence-electron chi connectivity index (χ2n) is 11.5. The molecule has 46 heavy (non-hydrogen) atoms. The summed E-state index contributed by atoms with van der Waals surface area (Å²) >= 11 is 0. The van der Waals surface area contributed by atoms with Gasteiger partial charge in [-0.3, -0.25) is 0 Å². The predicted molar refractivity (Wildman–Crippen MR) is 203 cm³/mol. The molecule has 0 N–H and O–H groups in total. The average molecular weight is 619 g/mol. The number of aryl methyl sites for hydroxylation is 4. The number of nitrogens with zero attached hydrogens (tertiary/aromatic N) is 4. The molecule has 2 heterocycles. The normalized spacial score (nSPS) is 11.0. The van der Waals surface area contributed by atoms with Crippen LogP contribution in [0.1, 0.15) is 73.9 Å². The fraction of sp³-hybridized carbons (Fsp3) is 0.333. The second kappa shape index (κ2) is 19.4. The van der Waals surface area contributed by atoms with Crippen LogP contribution in [0.4, 0.5) is 11.4 Å². The summed E-state index contributed by atoms with van der Waals surface area (Å²) in [6.07, 6.45) is 20.2. The van der Waals surface area contributed by atoms with Gasteiger partial charge in [0.2, 0.25) is 0 Å². The monoisotopic (exact) mass is 618 g/mol. The Kier molecular flexibility index (Phi) is 16.0. The molecule has 0 radical (unpaired) electrons. The number of pyridine rings is 2. The maximum atomic E-state index is 2.37. The first kappa shape index (κ1) is 38.0. The van der Waals surface area contributed by atoms with E-state index in [1.165, 1.54) is 44.8 Å². The van der Waals surface area contributed by atoms with Crippen molar-refractivity contribution in [3.8, 4) is 0 Å². The highest BCUT2D eigenvalue weighted by Crippen LogP contribution is 2.19. The van der Waals surface area contributed by atoms with Crippen LogP contribution in [-0.2, 0) is 13.1 Å². The third-order valence-electron chi connectivity index (χ3n) is 8.56. The number of unbranched alkanes of at least 4 members (excludes halogenated alkanes) is 1. The van der Waals surface area contributed by atoms with E-state index in [1.807, 2.05) is 0 Å². The van der Waals surface area contributed by atoms with E-state index < -0.39 is 0 Å². The molecule has 0 amide bonds. The van der Waals surface area contributed by atoms with E-state index >= 15 is 0 Å². The molecule has 4 rings (SSSR count). The summed E-state index contributed by atoms with van der Waals surface area (Å²) in [4.78, 5) is 4.74. The van der Waals surface area contributed by atoms with Crippen molar-refractivity contribution in [2.45, 2.75) is 67.5 Å². The van der Waals surface area contributed by atoms with Crippen molar-refractivity contribution in [3.63, 3.8) is 0 Å². The van der Waals surface area contributed by atoms with E-state index in [4.69, 9.17) is 0 Å². The Morgan fingerprint density at radius 2 is 0.848 bits per heavy atom. The van der Waals surface area contributed by atoms with E-state index in [0.29, 0.717) is 0 Å². The summed E-state index contributed by atoms with van der Waals surface area (Å²) in [6, 6.07) is 22.2. The Hall–Kier alpha value is -4.18. The van der Waals surface area contributed by atoms with Gasteiger partial charge >= 0.3 is 0 Å². The van der Waals surface area contributed by atoms with Crippen molar-refractivity contribution in [1.29, 1.82) is 0 Å². The molecule has 0 bridgehead atoms. The van der Waals surface area contributed by atoms with Gasteiger partial charge in [-0.2, -0.15) is 0 Å². The van der Waals surface area contributed by atoms with Gasteiger partial charge in [-0.25, -0.2) is 9.13 Å². The highest BCUT2D eigenvalue weighted by molar-refractivity contribution is 5.72. The SMILES string of the molecule is CCN(CC)c1ccc(/C=C/c2cc[n+](CCCC[n+]3ccc(/C=C/c4ccc(N(CC)CC)cc4)c(C)c3)cc2C)cc1.[CH3-].[CH3-]. The Morgan fingerprint density at radius 3 is 1.15 bits per heavy atom. The van der Waals surface area contributed by atoms with Crippen molar-refractivity contribution >= 4 is 35.7 Å². The summed E-state index contributed by atoms with van der Waals surface area (Å²) in [5.41, 5.74) is 10.2. The van der Waals surface area contributed by atoms with E-state index in [-0.39, 0.29) is 14.9 Å². The summed E-state index contributed by atoms with van der Waals surface area (Å²) in [5, 5.41) is 0. The lowest BCUT2D eigenvalue weighted by Gasteiger charge is -2.20. The number of hydrogen-bond donors (Lipinski definition) is 0. The van der Waals surface area contributed by atoms with Crippen molar-refractivity contribution in [3.05, 3.63) is 134 Å². The first-order valence-electron chi connectivity index (χ1n) is 16.5. The van der Waals surface area contributed by atoms with Gasteiger partial charge in [0.05, 0.1) is 0 Å². The van der Waals surface area contributed by atoms with Crippen molar-refractivity contribution in [2.75, 3.05) is 36.0 Å². The molecule has 0 aliphatic carbocycles. The fourth-order valence-corrected chi connectivity index (χ4v) is 5.73. The third kappa shape index (κ3) is 10.7. The molecule has 4 heteroatoms. The lowest BCUT2D eigenvalue weighted by Crippen LogP contribution is -2.36. The first-order chi connectivity index (χ1) is 21.4. The van der Waals surface area contributed by atoms with E-state index in [0.717, 1.165) is 52.1 Å². The van der Waals surface area contributed by atoms with E-state index in [9.17, 15) is 0 Å². The standard InChI is InChI=1S/C40H52N4.2CH3/c1-7-43(8-2)39-21-15-35(16-22-39)13-19-37-25-29-41(31-33(37)5)27-11-12-28-42-30-26-38(34(6)32-42)20-14-36-17-23-40(24-18-36)44(9-3)10-4;;/h13-26,29-32H,7-12,27-28H2,1-6H3;2*1H3/q+2;2*-1. The number of benzene rings is 2. The molecular weight excluding hydrogens is 560 g/mol. The minimum absolute atomic E-state index is 0. The van der Waals surface area contributed by atoms with Crippen LogP contribution in [0.25, 0.3) is 24.3 Å². The van der Waals surface area contributed by atoms with Crippen LogP contribution < -0.4 is 18.9 Å². The molecule has 0 spiro atoms. The Balaban J connectivity index is 0.00000368. The number of hydrogen-bond acceptors (Lipinski definition) is 2. The van der Waals surface area contributed by atoms with Gasteiger partial charge < -0.3 is 24.7 Å². The van der Waals surface area contributed by atoms with Gasteiger partial charge in [0.1, 0.15) is 13.1 Å². The topological polar surface area (TPSA) is 14.2 Å². The zero-order chi connectivity index (χ0) is 31.3. The fourth-order valence-electron chi connectivity index (χ4n) is 5.73. The summed E-state index contributed by atoms with van der Waals surface area (Å²) < 4.78 is 4.65. The quantitative estimate of drug-likeness (QED) is 0.0749. The number of anilines is 2. The van der Waals surface area contributed by atoms with Crippen LogP contribution in [0.3, 0.4) is 0 Å². The first-order valence-corrected chi connectivity index (χ1v) is 16.5. The molecule has 0 atom stereocenters. The lowest BCUT2D eigenvalue weighted by atomic mass is 10.1. The molecule has 0 fully saturated rings. The number of aromatic nitrogens is 2. The van der Waals surface area contributed by atoms with Crippen molar-refractivity contribution < 1.29 is 9.13 Å². The maximum Gasteiger partial charge on any atom is 0.172 e. The molecule has 0 aliphatic rings. The van der Waals surface area contributed by atoms with Crippen LogP contribution in [0.5, 0.6) is 0 Å². The second-order valence-corrected chi connectivity index (χ2v) is 11.5. The van der Waals surface area contributed by atoms with Crippen molar-refractivity contribution in [2.24, 2.45) is 0 Å². The molecule has 2 aromatic carbocycles. The largest absolute Gasteiger partial charge is 0.372 e. The highest BCUT2D eigenvalue weighted by Gasteiger charge is 2.08. The Bertz CT molecular complexity index is 1390. The smallest absolute Gasteiger partial charge is 0.172 e. The molecule has 4 aromatic rings. The van der Waals surface area contributed by atoms with Crippen LogP contribution in [0, 0.1) is 28.7 Å². The van der Waals surface area contributed by atoms with Crippen LogP contribution in [-0.4, -0.2) is 26.2 Å². The summed E-state index contributed by atoms with van der Waals surface area (Å²) in [5.74, 6) is 0. The molecule has 2 aromatic heterocycles. The zero-order valence-electron chi connectivity index (χ0n) is 29.8. The molecule has 246 valence electrons. The van der Waals surface area contributed by atoms with E-state index in [2.05, 4.69) is 170 Å². The average Bonchev–Trinajstić information content (AvgIpc) is 3.04. The molecule has 0 aliphatic heterocycles. The predicted octanol–water partition coefficient (Wildman–Crippen LogP) is 9.29. The summed E-state index contributed by atoms with van der Waals surface area (Å²) in [6.45, 7) is 19.4. The van der Waals surface area contributed by atoms with Crippen molar-refractivity contribution in [1.82, 2.24) is 0 Å². The Labute approximate surface area is 281 Å². The van der Waals surface area contributed by atoms with Gasteiger partial charge in [0.25, 0.3) is 0 Å². The molecule has 0 saturated carbocycles.